The molecule has 2 fully saturated rings. The zero-order valence-corrected chi connectivity index (χ0v) is 8.12. The summed E-state index contributed by atoms with van der Waals surface area (Å²) in [5.41, 5.74) is 0.744. The number of rotatable bonds is 4. The third-order valence-electron chi connectivity index (χ3n) is 2.68. The van der Waals surface area contributed by atoms with Crippen LogP contribution in [0.5, 0.6) is 0 Å². The van der Waals surface area contributed by atoms with E-state index in [-0.39, 0.29) is 5.97 Å². The van der Waals surface area contributed by atoms with E-state index in [1.807, 2.05) is 6.08 Å². The quantitative estimate of drug-likeness (QED) is 0.504. The monoisotopic (exact) mass is 194 g/mol. The number of esters is 1. The molecule has 14 heavy (non-hydrogen) atoms. The maximum atomic E-state index is 11.3. The van der Waals surface area contributed by atoms with Crippen LogP contribution in [0.3, 0.4) is 0 Å². The normalized spacial score (nSPS) is 24.0. The second-order valence-corrected chi connectivity index (χ2v) is 3.89. The molecule has 1 saturated heterocycles. The number of hydrogen-bond acceptors (Lipinski definition) is 3. The number of hydrogen-bond donors (Lipinski definition) is 0. The van der Waals surface area contributed by atoms with Crippen molar-refractivity contribution in [3.8, 4) is 0 Å². The second kappa shape index (κ2) is 3.95. The maximum Gasteiger partial charge on any atom is 0.333 e. The third-order valence-corrected chi connectivity index (χ3v) is 2.68. The Hall–Kier alpha value is -1.12. The molecule has 3 heteroatoms. The Kier molecular flexibility index (Phi) is 2.66. The minimum absolute atomic E-state index is 0.205. The summed E-state index contributed by atoms with van der Waals surface area (Å²) < 4.78 is 4.79. The summed E-state index contributed by atoms with van der Waals surface area (Å²) in [6.45, 7) is 0.501. The Morgan fingerprint density at radius 1 is 1.50 bits per heavy atom. The second-order valence-electron chi connectivity index (χ2n) is 3.89. The molecule has 0 N–H and O–H groups in total. The molecule has 0 aromatic heterocycles. The fourth-order valence-electron chi connectivity index (χ4n) is 1.63. The van der Waals surface area contributed by atoms with Gasteiger partial charge in [0.05, 0.1) is 6.61 Å². The molecular weight excluding hydrogens is 180 g/mol. The number of cyclic esters (lactones) is 1. The van der Waals surface area contributed by atoms with Crippen LogP contribution in [0.2, 0.25) is 0 Å². The van der Waals surface area contributed by atoms with Crippen LogP contribution in [0, 0.1) is 5.92 Å². The standard InChI is InChI=1S/C11H14O3/c12-10(8-4-5-8)3-1-2-9-6-7-14-11(9)13/h2,8H,1,3-7H2/b9-2+. The molecule has 76 valence electrons. The number of Topliss-reactive ketones (excluding diaryl/α,β-unsaturated/α-hetero) is 1. The first-order chi connectivity index (χ1) is 6.77. The van der Waals surface area contributed by atoms with Crippen LogP contribution in [0.4, 0.5) is 0 Å². The predicted molar refractivity (Wildman–Crippen MR) is 50.6 cm³/mol. The highest BCUT2D eigenvalue weighted by Gasteiger charge is 2.28. The van der Waals surface area contributed by atoms with Crippen LogP contribution in [-0.4, -0.2) is 18.4 Å². The molecule has 0 unspecified atom stereocenters. The topological polar surface area (TPSA) is 43.4 Å². The predicted octanol–water partition coefficient (Wildman–Crippen LogP) is 1.62. The molecule has 0 amide bonds. The van der Waals surface area contributed by atoms with Gasteiger partial charge in [0.1, 0.15) is 5.78 Å². The molecule has 3 nitrogen and oxygen atoms in total. The van der Waals surface area contributed by atoms with E-state index in [0.717, 1.165) is 18.4 Å². The summed E-state index contributed by atoms with van der Waals surface area (Å²) in [6, 6.07) is 0. The van der Waals surface area contributed by atoms with Crippen molar-refractivity contribution in [2.75, 3.05) is 6.61 Å². The summed E-state index contributed by atoms with van der Waals surface area (Å²) in [7, 11) is 0. The van der Waals surface area contributed by atoms with E-state index in [4.69, 9.17) is 4.74 Å². The van der Waals surface area contributed by atoms with Crippen LogP contribution in [0.25, 0.3) is 0 Å². The minimum atomic E-state index is -0.205. The van der Waals surface area contributed by atoms with Gasteiger partial charge in [-0.25, -0.2) is 4.79 Å². The lowest BCUT2D eigenvalue weighted by molar-refractivity contribution is -0.135. The van der Waals surface area contributed by atoms with Crippen LogP contribution >= 0.6 is 0 Å². The van der Waals surface area contributed by atoms with E-state index in [1.165, 1.54) is 0 Å². The summed E-state index contributed by atoms with van der Waals surface area (Å²) in [4.78, 5) is 22.3. The molecule has 0 radical (unpaired) electrons. The fraction of sp³-hybridized carbons (Fsp3) is 0.636. The van der Waals surface area contributed by atoms with Crippen molar-refractivity contribution in [3.05, 3.63) is 11.6 Å². The lowest BCUT2D eigenvalue weighted by atomic mass is 10.1. The maximum absolute atomic E-state index is 11.3. The van der Waals surface area contributed by atoms with Gasteiger partial charge in [0.2, 0.25) is 0 Å². The average Bonchev–Trinajstić information content (AvgIpc) is 2.93. The van der Waals surface area contributed by atoms with Crippen LogP contribution in [0.15, 0.2) is 11.6 Å². The molecule has 0 bridgehead atoms. The van der Waals surface area contributed by atoms with Crippen molar-refractivity contribution in [3.63, 3.8) is 0 Å². The van der Waals surface area contributed by atoms with Crippen LogP contribution in [-0.2, 0) is 14.3 Å². The van der Waals surface area contributed by atoms with E-state index in [0.29, 0.717) is 37.6 Å². The first-order valence-electron chi connectivity index (χ1n) is 5.16. The highest BCUT2D eigenvalue weighted by Crippen LogP contribution is 2.31. The highest BCUT2D eigenvalue weighted by atomic mass is 16.5. The van der Waals surface area contributed by atoms with Crippen LogP contribution < -0.4 is 0 Å². The average molecular weight is 194 g/mol. The molecule has 1 heterocycles. The molecule has 1 aliphatic carbocycles. The molecule has 0 aromatic carbocycles. The van der Waals surface area contributed by atoms with Gasteiger partial charge in [-0.2, -0.15) is 0 Å². The molecule has 1 saturated carbocycles. The van der Waals surface area contributed by atoms with Crippen molar-refractivity contribution >= 4 is 11.8 Å². The number of carbonyl (C=O) groups excluding carboxylic acids is 2. The van der Waals surface area contributed by atoms with Gasteiger partial charge in [-0.3, -0.25) is 4.79 Å². The summed E-state index contributed by atoms with van der Waals surface area (Å²) >= 11 is 0. The Morgan fingerprint density at radius 3 is 2.86 bits per heavy atom. The van der Waals surface area contributed by atoms with Crippen molar-refractivity contribution in [1.29, 1.82) is 0 Å². The molecule has 0 atom stereocenters. The van der Waals surface area contributed by atoms with Gasteiger partial charge >= 0.3 is 5.97 Å². The third kappa shape index (κ3) is 2.22. The SMILES string of the molecule is O=C1OCC/C1=C\CCC(=O)C1CC1. The first kappa shape index (κ1) is 9.44. The molecule has 0 spiro atoms. The van der Waals surface area contributed by atoms with E-state index < -0.39 is 0 Å². The Labute approximate surface area is 83.1 Å². The number of carbonyl (C=O) groups is 2. The Morgan fingerprint density at radius 2 is 2.29 bits per heavy atom. The van der Waals surface area contributed by atoms with Gasteiger partial charge in [-0.05, 0) is 19.3 Å². The van der Waals surface area contributed by atoms with Gasteiger partial charge in [-0.15, -0.1) is 0 Å². The lowest BCUT2D eigenvalue weighted by Crippen LogP contribution is -1.99. The van der Waals surface area contributed by atoms with Crippen molar-refractivity contribution in [1.82, 2.24) is 0 Å². The molecule has 1 aliphatic heterocycles. The van der Waals surface area contributed by atoms with E-state index >= 15 is 0 Å². The fourth-order valence-corrected chi connectivity index (χ4v) is 1.63. The van der Waals surface area contributed by atoms with E-state index in [2.05, 4.69) is 0 Å². The highest BCUT2D eigenvalue weighted by molar-refractivity contribution is 5.90. The van der Waals surface area contributed by atoms with Crippen molar-refractivity contribution in [2.24, 2.45) is 5.92 Å². The van der Waals surface area contributed by atoms with Crippen molar-refractivity contribution < 1.29 is 14.3 Å². The first-order valence-corrected chi connectivity index (χ1v) is 5.16. The smallest absolute Gasteiger partial charge is 0.333 e. The van der Waals surface area contributed by atoms with Gasteiger partial charge in [0, 0.05) is 24.3 Å². The summed E-state index contributed by atoms with van der Waals surface area (Å²) in [5.74, 6) is 0.487. The number of allylic oxidation sites excluding steroid dienone is 1. The van der Waals surface area contributed by atoms with Crippen LogP contribution in [0.1, 0.15) is 32.1 Å². The van der Waals surface area contributed by atoms with E-state index in [9.17, 15) is 9.59 Å². The van der Waals surface area contributed by atoms with Gasteiger partial charge < -0.3 is 4.74 Å². The molecule has 2 rings (SSSR count). The molecule has 2 aliphatic rings. The van der Waals surface area contributed by atoms with E-state index in [1.54, 1.807) is 0 Å². The minimum Gasteiger partial charge on any atom is -0.462 e. The zero-order chi connectivity index (χ0) is 9.97. The summed E-state index contributed by atoms with van der Waals surface area (Å²) in [6.07, 6.45) is 5.97. The molecule has 0 aromatic rings. The molecular formula is C11H14O3. The largest absolute Gasteiger partial charge is 0.462 e. The Bertz CT molecular complexity index is 287. The zero-order valence-electron chi connectivity index (χ0n) is 8.12. The van der Waals surface area contributed by atoms with Gasteiger partial charge in [0.25, 0.3) is 0 Å². The lowest BCUT2D eigenvalue weighted by Gasteiger charge is -1.94. The summed E-state index contributed by atoms with van der Waals surface area (Å²) in [5, 5.41) is 0. The number of ketones is 1. The number of ether oxygens (including phenoxy) is 1. The Balaban J connectivity index is 1.75. The van der Waals surface area contributed by atoms with Gasteiger partial charge in [0.15, 0.2) is 0 Å². The van der Waals surface area contributed by atoms with Gasteiger partial charge in [-0.1, -0.05) is 6.08 Å². The van der Waals surface area contributed by atoms with Crippen molar-refractivity contribution in [2.45, 2.75) is 32.1 Å².